The van der Waals surface area contributed by atoms with Gasteiger partial charge in [0.2, 0.25) is 0 Å². The summed E-state index contributed by atoms with van der Waals surface area (Å²) in [5, 5.41) is 14.0. The van der Waals surface area contributed by atoms with Crippen LogP contribution in [0.1, 0.15) is 50.7 Å². The lowest BCUT2D eigenvalue weighted by Crippen LogP contribution is -2.19. The van der Waals surface area contributed by atoms with Gasteiger partial charge in [0.25, 0.3) is 0 Å². The zero-order chi connectivity index (χ0) is 27.4. The van der Waals surface area contributed by atoms with E-state index >= 15 is 0 Å². The Morgan fingerprint density at radius 2 is 1.61 bits per heavy atom. The fraction of sp³-hybridized carbons (Fsp3) is 0.207. The SMILES string of the molecule is C=Nc1ccc(-c2cnc(C(C)(C)O)nc2)cc1/C(N[C@H](C)c1cc(-c2cncnc2)ccc1F)=C(\C)Cl. The van der Waals surface area contributed by atoms with Crippen LogP contribution < -0.4 is 5.32 Å². The molecule has 7 nitrogen and oxygen atoms in total. The summed E-state index contributed by atoms with van der Waals surface area (Å²) < 4.78 is 15.0. The number of aliphatic imine (C=N–C) groups is 1. The van der Waals surface area contributed by atoms with E-state index in [0.29, 0.717) is 33.4 Å². The van der Waals surface area contributed by atoms with E-state index in [2.05, 4.69) is 37.0 Å². The van der Waals surface area contributed by atoms with Gasteiger partial charge in [-0.2, -0.15) is 0 Å². The van der Waals surface area contributed by atoms with E-state index in [1.807, 2.05) is 25.1 Å². The van der Waals surface area contributed by atoms with Crippen LogP contribution in [0.3, 0.4) is 0 Å². The van der Waals surface area contributed by atoms with Crippen LogP contribution in [-0.4, -0.2) is 31.8 Å². The number of allylic oxidation sites excluding steroid dienone is 1. The highest BCUT2D eigenvalue weighted by Crippen LogP contribution is 2.35. The second-order valence-corrected chi connectivity index (χ2v) is 9.95. The Balaban J connectivity index is 1.70. The Hall–Kier alpha value is -4.01. The quantitative estimate of drug-likeness (QED) is 0.250. The fourth-order valence-corrected chi connectivity index (χ4v) is 4.16. The van der Waals surface area contributed by atoms with E-state index in [1.165, 1.54) is 12.4 Å². The van der Waals surface area contributed by atoms with Crippen molar-refractivity contribution in [1.29, 1.82) is 0 Å². The molecule has 0 unspecified atom stereocenters. The third-order valence-electron chi connectivity index (χ3n) is 6.03. The Labute approximate surface area is 226 Å². The van der Waals surface area contributed by atoms with Crippen LogP contribution in [-0.2, 0) is 5.60 Å². The Morgan fingerprint density at radius 1 is 1.00 bits per heavy atom. The van der Waals surface area contributed by atoms with Gasteiger partial charge in [0.05, 0.1) is 17.4 Å². The predicted molar refractivity (Wildman–Crippen MR) is 149 cm³/mol. The highest BCUT2D eigenvalue weighted by Gasteiger charge is 2.21. The van der Waals surface area contributed by atoms with Gasteiger partial charge < -0.3 is 10.4 Å². The van der Waals surface area contributed by atoms with Gasteiger partial charge in [-0.25, -0.2) is 24.3 Å². The molecule has 0 saturated carbocycles. The van der Waals surface area contributed by atoms with Crippen molar-refractivity contribution in [2.45, 2.75) is 39.3 Å². The number of hydrogen-bond donors (Lipinski definition) is 2. The first-order chi connectivity index (χ1) is 18.1. The van der Waals surface area contributed by atoms with Gasteiger partial charge in [-0.1, -0.05) is 23.7 Å². The van der Waals surface area contributed by atoms with Crippen molar-refractivity contribution in [3.05, 3.63) is 95.3 Å². The smallest absolute Gasteiger partial charge is 0.159 e. The Morgan fingerprint density at radius 3 is 2.21 bits per heavy atom. The van der Waals surface area contributed by atoms with E-state index in [1.54, 1.807) is 57.7 Å². The van der Waals surface area contributed by atoms with Crippen LogP contribution in [0, 0.1) is 5.82 Å². The van der Waals surface area contributed by atoms with Crippen LogP contribution in [0.4, 0.5) is 10.1 Å². The summed E-state index contributed by atoms with van der Waals surface area (Å²) in [7, 11) is 0. The molecule has 0 spiro atoms. The Bertz CT molecular complexity index is 1480. The summed E-state index contributed by atoms with van der Waals surface area (Å²) in [6, 6.07) is 10.1. The van der Waals surface area contributed by atoms with Crippen molar-refractivity contribution < 1.29 is 9.50 Å². The zero-order valence-electron chi connectivity index (χ0n) is 21.6. The number of hydrogen-bond acceptors (Lipinski definition) is 7. The van der Waals surface area contributed by atoms with Crippen molar-refractivity contribution in [3.63, 3.8) is 0 Å². The first kappa shape index (κ1) is 27.0. The van der Waals surface area contributed by atoms with Gasteiger partial charge in [-0.3, -0.25) is 4.99 Å². The maximum atomic E-state index is 15.0. The molecule has 9 heteroatoms. The van der Waals surface area contributed by atoms with Crippen molar-refractivity contribution in [1.82, 2.24) is 25.3 Å². The van der Waals surface area contributed by atoms with Crippen LogP contribution in [0.25, 0.3) is 28.0 Å². The largest absolute Gasteiger partial charge is 0.382 e. The average molecular weight is 531 g/mol. The second kappa shape index (κ2) is 11.2. The lowest BCUT2D eigenvalue weighted by molar-refractivity contribution is 0.0687. The molecule has 0 saturated heterocycles. The molecule has 2 N–H and O–H groups in total. The number of nitrogens with one attached hydrogen (secondary N) is 1. The van der Waals surface area contributed by atoms with Crippen LogP contribution in [0.5, 0.6) is 0 Å². The summed E-state index contributed by atoms with van der Waals surface area (Å²) in [5.41, 5.74) is 4.35. The third-order valence-corrected chi connectivity index (χ3v) is 6.22. The van der Waals surface area contributed by atoms with E-state index in [9.17, 15) is 9.50 Å². The first-order valence-electron chi connectivity index (χ1n) is 11.9. The molecule has 194 valence electrons. The van der Waals surface area contributed by atoms with Crippen LogP contribution >= 0.6 is 11.6 Å². The summed E-state index contributed by atoms with van der Waals surface area (Å²) in [4.78, 5) is 20.9. The molecule has 4 rings (SSSR count). The van der Waals surface area contributed by atoms with E-state index in [-0.39, 0.29) is 5.82 Å². The molecule has 4 aromatic rings. The number of rotatable bonds is 8. The summed E-state index contributed by atoms with van der Waals surface area (Å²) in [5.74, 6) is -0.0260. The highest BCUT2D eigenvalue weighted by atomic mass is 35.5. The van der Waals surface area contributed by atoms with Crippen LogP contribution in [0.15, 0.2) is 77.5 Å². The molecule has 0 amide bonds. The molecule has 2 heterocycles. The minimum Gasteiger partial charge on any atom is -0.382 e. The summed E-state index contributed by atoms with van der Waals surface area (Å²) in [6.07, 6.45) is 8.12. The van der Waals surface area contributed by atoms with Gasteiger partial charge >= 0.3 is 0 Å². The maximum Gasteiger partial charge on any atom is 0.159 e. The second-order valence-electron chi connectivity index (χ2n) is 9.38. The number of halogens is 2. The maximum absolute atomic E-state index is 15.0. The molecule has 2 aromatic carbocycles. The molecule has 0 aliphatic rings. The van der Waals surface area contributed by atoms with Gasteiger partial charge in [0.1, 0.15) is 17.7 Å². The normalized spacial score (nSPS) is 13.0. The molecular weight excluding hydrogens is 503 g/mol. The molecule has 0 fully saturated rings. The van der Waals surface area contributed by atoms with Gasteiger partial charge in [-0.15, -0.1) is 0 Å². The molecule has 0 radical (unpaired) electrons. The minimum absolute atomic E-state index is 0.324. The van der Waals surface area contributed by atoms with Crippen molar-refractivity contribution >= 4 is 29.7 Å². The standard InChI is InChI=1S/C29H28ClFN6O/c1-17(30)27(37-18(2)23-10-19(6-8-25(23)31)21-12-33-16-34-13-21)24-11-20(7-9-26(24)32-5)22-14-35-28(36-15-22)29(3,4)38/h6-16,18,37-38H,5H2,1-4H3/b27-17-/t18-/m1/s1. The van der Waals surface area contributed by atoms with Crippen LogP contribution in [0.2, 0.25) is 0 Å². The number of benzene rings is 2. The van der Waals surface area contributed by atoms with E-state index < -0.39 is 11.6 Å². The number of aliphatic hydroxyl groups is 1. The van der Waals surface area contributed by atoms with Crippen molar-refractivity contribution in [2.75, 3.05) is 0 Å². The molecule has 0 aliphatic heterocycles. The van der Waals surface area contributed by atoms with E-state index in [0.717, 1.165) is 22.3 Å². The van der Waals surface area contributed by atoms with E-state index in [4.69, 9.17) is 11.6 Å². The third kappa shape index (κ3) is 5.93. The fourth-order valence-electron chi connectivity index (χ4n) is 4.01. The number of nitrogens with zero attached hydrogens (tertiary/aromatic N) is 5. The topological polar surface area (TPSA) is 96.2 Å². The average Bonchev–Trinajstić information content (AvgIpc) is 2.91. The molecule has 38 heavy (non-hydrogen) atoms. The van der Waals surface area contributed by atoms with Crippen molar-refractivity contribution in [2.24, 2.45) is 4.99 Å². The molecule has 2 aromatic heterocycles. The van der Waals surface area contributed by atoms with Gasteiger partial charge in [0.15, 0.2) is 5.82 Å². The minimum atomic E-state index is -1.15. The molecule has 1 atom stereocenters. The van der Waals surface area contributed by atoms with Gasteiger partial charge in [-0.05, 0) is 69.8 Å². The number of aromatic nitrogens is 4. The molecule has 0 aliphatic carbocycles. The first-order valence-corrected chi connectivity index (χ1v) is 12.3. The Kier molecular flexibility index (Phi) is 7.94. The van der Waals surface area contributed by atoms with Crippen molar-refractivity contribution in [3.8, 4) is 22.3 Å². The zero-order valence-corrected chi connectivity index (χ0v) is 22.3. The molecule has 0 bridgehead atoms. The lowest BCUT2D eigenvalue weighted by Gasteiger charge is -2.22. The molecular formula is C29H28ClFN6O. The highest BCUT2D eigenvalue weighted by molar-refractivity contribution is 6.32. The lowest BCUT2D eigenvalue weighted by atomic mass is 9.98. The predicted octanol–water partition coefficient (Wildman–Crippen LogP) is 6.58. The summed E-state index contributed by atoms with van der Waals surface area (Å²) in [6.45, 7) is 10.6. The summed E-state index contributed by atoms with van der Waals surface area (Å²) >= 11 is 6.57. The monoisotopic (exact) mass is 530 g/mol. The van der Waals surface area contributed by atoms with Gasteiger partial charge in [0, 0.05) is 52.1 Å².